The van der Waals surface area contributed by atoms with E-state index in [1.54, 1.807) is 11.3 Å². The molecule has 3 aliphatic heterocycles. The van der Waals surface area contributed by atoms with Gasteiger partial charge in [-0.1, -0.05) is 6.08 Å². The van der Waals surface area contributed by atoms with Crippen molar-refractivity contribution in [3.63, 3.8) is 0 Å². The van der Waals surface area contributed by atoms with Gasteiger partial charge in [0.1, 0.15) is 11.2 Å². The number of thiophene rings is 1. The highest BCUT2D eigenvalue weighted by molar-refractivity contribution is 8.03. The molecule has 84 valence electrons. The standard InChI is InChI=1S/C12H12O2S2/c1-11-7-3-5-16-10(7)12(2,14-13-11)8-4-6-15-9(8)11/h3-7,10H,1-2H3. The van der Waals surface area contributed by atoms with E-state index in [1.165, 1.54) is 10.4 Å². The van der Waals surface area contributed by atoms with Crippen LogP contribution in [0.5, 0.6) is 0 Å². The van der Waals surface area contributed by atoms with E-state index < -0.39 is 0 Å². The van der Waals surface area contributed by atoms with Crippen LogP contribution in [0.2, 0.25) is 0 Å². The lowest BCUT2D eigenvalue weighted by Crippen LogP contribution is -2.59. The molecule has 16 heavy (non-hydrogen) atoms. The third-order valence-corrected chi connectivity index (χ3v) is 6.54. The molecule has 0 spiro atoms. The summed E-state index contributed by atoms with van der Waals surface area (Å²) in [5.41, 5.74) is 0.751. The van der Waals surface area contributed by atoms with Gasteiger partial charge in [-0.25, -0.2) is 9.78 Å². The summed E-state index contributed by atoms with van der Waals surface area (Å²) in [6, 6.07) is 2.19. The summed E-state index contributed by atoms with van der Waals surface area (Å²) in [5.74, 6) is 0.433. The Hall–Kier alpha value is -0.290. The third-order valence-electron chi connectivity index (χ3n) is 4.06. The van der Waals surface area contributed by atoms with Gasteiger partial charge in [0, 0.05) is 16.4 Å². The smallest absolute Gasteiger partial charge is 0.143 e. The second-order valence-electron chi connectivity index (χ2n) is 4.96. The summed E-state index contributed by atoms with van der Waals surface area (Å²) in [6.07, 6.45) is 2.28. The molecule has 1 aromatic heterocycles. The fraction of sp³-hybridized carbons (Fsp3) is 0.500. The van der Waals surface area contributed by atoms with E-state index in [0.717, 1.165) is 0 Å². The highest BCUT2D eigenvalue weighted by atomic mass is 32.2. The monoisotopic (exact) mass is 252 g/mol. The Morgan fingerprint density at radius 1 is 1.25 bits per heavy atom. The van der Waals surface area contributed by atoms with Gasteiger partial charge in [-0.2, -0.15) is 0 Å². The second-order valence-corrected chi connectivity index (χ2v) is 6.92. The minimum absolute atomic E-state index is 0.286. The topological polar surface area (TPSA) is 18.5 Å². The molecule has 4 unspecified atom stereocenters. The van der Waals surface area contributed by atoms with Crippen LogP contribution in [0, 0.1) is 5.92 Å². The van der Waals surface area contributed by atoms with Crippen molar-refractivity contribution in [2.24, 2.45) is 5.92 Å². The van der Waals surface area contributed by atoms with Gasteiger partial charge in [-0.05, 0) is 30.7 Å². The van der Waals surface area contributed by atoms with E-state index in [-0.39, 0.29) is 11.2 Å². The molecule has 1 fully saturated rings. The number of rotatable bonds is 0. The van der Waals surface area contributed by atoms with Crippen LogP contribution in [0.4, 0.5) is 0 Å². The predicted octanol–water partition coefficient (Wildman–Crippen LogP) is 3.40. The van der Waals surface area contributed by atoms with E-state index in [4.69, 9.17) is 9.78 Å². The van der Waals surface area contributed by atoms with Crippen molar-refractivity contribution in [3.8, 4) is 0 Å². The molecule has 1 aliphatic carbocycles. The normalized spacial score (nSPS) is 48.1. The Morgan fingerprint density at radius 2 is 2.06 bits per heavy atom. The Balaban J connectivity index is 2.04. The van der Waals surface area contributed by atoms with Crippen molar-refractivity contribution in [1.82, 2.24) is 0 Å². The molecule has 2 nitrogen and oxygen atoms in total. The molecule has 4 heteroatoms. The molecule has 1 aromatic rings. The maximum Gasteiger partial charge on any atom is 0.143 e. The van der Waals surface area contributed by atoms with Crippen LogP contribution in [-0.2, 0) is 21.0 Å². The fourth-order valence-electron chi connectivity index (χ4n) is 3.09. The molecular formula is C12H12O2S2. The van der Waals surface area contributed by atoms with Crippen molar-refractivity contribution in [2.45, 2.75) is 30.3 Å². The van der Waals surface area contributed by atoms with Gasteiger partial charge in [0.05, 0.1) is 5.25 Å². The van der Waals surface area contributed by atoms with Gasteiger partial charge >= 0.3 is 0 Å². The molecule has 1 saturated heterocycles. The Labute approximate surface area is 103 Å². The summed E-state index contributed by atoms with van der Waals surface area (Å²) >= 11 is 3.66. The zero-order valence-electron chi connectivity index (χ0n) is 9.10. The molecule has 0 radical (unpaired) electrons. The summed E-state index contributed by atoms with van der Waals surface area (Å²) in [4.78, 5) is 12.8. The molecule has 4 aliphatic rings. The Kier molecular flexibility index (Phi) is 1.67. The van der Waals surface area contributed by atoms with Crippen molar-refractivity contribution >= 4 is 23.1 Å². The number of hydrogen-bond donors (Lipinski definition) is 0. The summed E-state index contributed by atoms with van der Waals surface area (Å²) in [7, 11) is 0. The van der Waals surface area contributed by atoms with Crippen molar-refractivity contribution < 1.29 is 9.78 Å². The van der Waals surface area contributed by atoms with Gasteiger partial charge in [0.15, 0.2) is 0 Å². The first-order valence-corrected chi connectivity index (χ1v) is 7.26. The molecule has 0 saturated carbocycles. The minimum Gasteiger partial charge on any atom is -0.223 e. The van der Waals surface area contributed by atoms with Crippen molar-refractivity contribution in [3.05, 3.63) is 33.4 Å². The Bertz CT molecular complexity index is 495. The lowest BCUT2D eigenvalue weighted by atomic mass is 9.69. The second kappa shape index (κ2) is 2.75. The highest BCUT2D eigenvalue weighted by Gasteiger charge is 2.63. The average Bonchev–Trinajstić information content (AvgIpc) is 2.89. The number of hydrogen-bond acceptors (Lipinski definition) is 4. The fourth-order valence-corrected chi connectivity index (χ4v) is 5.61. The first kappa shape index (κ1) is 9.71. The maximum absolute atomic E-state index is 5.71. The van der Waals surface area contributed by atoms with Gasteiger partial charge in [-0.15, -0.1) is 23.1 Å². The van der Waals surface area contributed by atoms with E-state index in [2.05, 4.69) is 36.8 Å². The highest BCUT2D eigenvalue weighted by Crippen LogP contribution is 2.63. The summed E-state index contributed by atoms with van der Waals surface area (Å²) in [5, 5.41) is 4.79. The van der Waals surface area contributed by atoms with Gasteiger partial charge in [-0.3, -0.25) is 0 Å². The molecule has 4 heterocycles. The molecule has 0 aromatic carbocycles. The first-order chi connectivity index (χ1) is 7.66. The van der Waals surface area contributed by atoms with E-state index in [0.29, 0.717) is 11.2 Å². The lowest BCUT2D eigenvalue weighted by molar-refractivity contribution is -0.461. The lowest BCUT2D eigenvalue weighted by Gasteiger charge is -2.54. The van der Waals surface area contributed by atoms with Crippen LogP contribution in [0.15, 0.2) is 22.9 Å². The molecule has 5 rings (SSSR count). The summed E-state index contributed by atoms with van der Waals surface area (Å²) in [6.45, 7) is 4.30. The molecular weight excluding hydrogens is 240 g/mol. The minimum atomic E-state index is -0.286. The van der Waals surface area contributed by atoms with Crippen LogP contribution >= 0.6 is 23.1 Å². The molecule has 4 atom stereocenters. The predicted molar refractivity (Wildman–Crippen MR) is 65.2 cm³/mol. The zero-order chi connectivity index (χ0) is 11.0. The van der Waals surface area contributed by atoms with Crippen LogP contribution < -0.4 is 0 Å². The quantitative estimate of drug-likeness (QED) is 0.659. The summed E-state index contributed by atoms with van der Waals surface area (Å²) < 4.78 is 0. The maximum atomic E-state index is 5.71. The average molecular weight is 252 g/mol. The van der Waals surface area contributed by atoms with E-state index in [9.17, 15) is 0 Å². The van der Waals surface area contributed by atoms with Crippen LogP contribution in [0.25, 0.3) is 0 Å². The zero-order valence-corrected chi connectivity index (χ0v) is 10.7. The van der Waals surface area contributed by atoms with Crippen LogP contribution in [0.3, 0.4) is 0 Å². The molecule has 0 N–H and O–H groups in total. The van der Waals surface area contributed by atoms with Gasteiger partial charge in [0.2, 0.25) is 0 Å². The number of fused-ring (bicyclic) bond motifs is 1. The van der Waals surface area contributed by atoms with Crippen molar-refractivity contribution in [1.29, 1.82) is 0 Å². The van der Waals surface area contributed by atoms with Gasteiger partial charge in [0.25, 0.3) is 0 Å². The van der Waals surface area contributed by atoms with Crippen LogP contribution in [0.1, 0.15) is 24.3 Å². The number of thioether (sulfide) groups is 1. The van der Waals surface area contributed by atoms with E-state index in [1.807, 2.05) is 11.8 Å². The third kappa shape index (κ3) is 0.861. The SMILES string of the molecule is CC12OOC(C)(c3ccsc31)C1SC=CC12. The van der Waals surface area contributed by atoms with E-state index >= 15 is 0 Å². The first-order valence-electron chi connectivity index (χ1n) is 5.44. The molecule has 0 amide bonds. The van der Waals surface area contributed by atoms with Gasteiger partial charge < -0.3 is 0 Å². The molecule has 2 bridgehead atoms. The van der Waals surface area contributed by atoms with Crippen molar-refractivity contribution in [2.75, 3.05) is 0 Å². The van der Waals surface area contributed by atoms with Crippen LogP contribution in [-0.4, -0.2) is 5.25 Å². The Morgan fingerprint density at radius 3 is 2.94 bits per heavy atom. The largest absolute Gasteiger partial charge is 0.223 e.